The van der Waals surface area contributed by atoms with Crippen LogP contribution < -0.4 is 5.32 Å². The molecule has 1 N–H and O–H groups in total. The number of benzene rings is 2. The highest BCUT2D eigenvalue weighted by Crippen LogP contribution is 2.36. The van der Waals surface area contributed by atoms with E-state index in [4.69, 9.17) is 5.10 Å². The minimum atomic E-state index is -0.279. The summed E-state index contributed by atoms with van der Waals surface area (Å²) in [4.78, 5) is 13.4. The van der Waals surface area contributed by atoms with Crippen LogP contribution >= 0.6 is 23.5 Å². The first-order chi connectivity index (χ1) is 13.1. The summed E-state index contributed by atoms with van der Waals surface area (Å²) < 4.78 is 14.9. The van der Waals surface area contributed by atoms with Crippen molar-refractivity contribution in [1.29, 1.82) is 0 Å². The van der Waals surface area contributed by atoms with E-state index in [-0.39, 0.29) is 17.5 Å². The molecule has 1 aromatic heterocycles. The second-order valence-corrected chi connectivity index (χ2v) is 8.29. The van der Waals surface area contributed by atoms with E-state index in [1.54, 1.807) is 23.9 Å². The number of fused-ring (bicyclic) bond motifs is 1. The van der Waals surface area contributed by atoms with E-state index < -0.39 is 0 Å². The van der Waals surface area contributed by atoms with Gasteiger partial charge in [0.05, 0.1) is 17.1 Å². The number of thioether (sulfide) groups is 2. The molecule has 0 bridgehead atoms. The van der Waals surface area contributed by atoms with Crippen molar-refractivity contribution in [3.63, 3.8) is 0 Å². The molecule has 0 atom stereocenters. The number of halogens is 1. The Hall–Kier alpha value is -2.25. The molecule has 2 aromatic carbocycles. The molecule has 0 radical (unpaired) electrons. The van der Waals surface area contributed by atoms with Crippen molar-refractivity contribution in [2.24, 2.45) is 0 Å². The molecule has 3 aromatic rings. The maximum atomic E-state index is 13.0. The average Bonchev–Trinajstić information content (AvgIpc) is 3.24. The smallest absolute Gasteiger partial charge is 0.235 e. The van der Waals surface area contributed by atoms with Crippen LogP contribution in [0.3, 0.4) is 0 Å². The van der Waals surface area contributed by atoms with Crippen LogP contribution in [0.2, 0.25) is 0 Å². The predicted octanol–water partition coefficient (Wildman–Crippen LogP) is 4.80. The quantitative estimate of drug-likeness (QED) is 0.626. The zero-order chi connectivity index (χ0) is 18.8. The minimum absolute atomic E-state index is 0.0984. The number of carbonyl (C=O) groups excluding carboxylic acids is 1. The first kappa shape index (κ1) is 18.1. The Morgan fingerprint density at radius 2 is 2.00 bits per heavy atom. The van der Waals surface area contributed by atoms with Gasteiger partial charge < -0.3 is 5.32 Å². The topological polar surface area (TPSA) is 46.9 Å². The highest BCUT2D eigenvalue weighted by Gasteiger charge is 2.25. The fourth-order valence-corrected chi connectivity index (χ4v) is 4.70. The van der Waals surface area contributed by atoms with Gasteiger partial charge in [0.2, 0.25) is 5.91 Å². The van der Waals surface area contributed by atoms with E-state index in [0.717, 1.165) is 44.7 Å². The lowest BCUT2D eigenvalue weighted by Gasteiger charge is -2.13. The average molecular weight is 400 g/mol. The molecule has 27 heavy (non-hydrogen) atoms. The molecular formula is C20H18FN3OS2. The van der Waals surface area contributed by atoms with Crippen LogP contribution in [-0.4, -0.2) is 21.4 Å². The van der Waals surface area contributed by atoms with Crippen molar-refractivity contribution < 1.29 is 9.18 Å². The Balaban J connectivity index is 1.55. The molecule has 138 valence electrons. The summed E-state index contributed by atoms with van der Waals surface area (Å²) >= 11 is 3.19. The highest BCUT2D eigenvalue weighted by atomic mass is 32.2. The summed E-state index contributed by atoms with van der Waals surface area (Å²) in [7, 11) is 0. The number of aromatic nitrogens is 2. The number of anilines is 1. The molecule has 4 nitrogen and oxygen atoms in total. The lowest BCUT2D eigenvalue weighted by molar-refractivity contribution is -0.113. The molecule has 1 amide bonds. The second-order valence-electron chi connectivity index (χ2n) is 6.26. The van der Waals surface area contributed by atoms with Crippen molar-refractivity contribution in [1.82, 2.24) is 9.78 Å². The van der Waals surface area contributed by atoms with Crippen LogP contribution in [0.15, 0.2) is 53.4 Å². The third-order valence-electron chi connectivity index (χ3n) is 4.34. The fraction of sp³-hybridized carbons (Fsp3) is 0.200. The summed E-state index contributed by atoms with van der Waals surface area (Å²) in [6.45, 7) is 2.03. The zero-order valence-corrected chi connectivity index (χ0v) is 16.4. The molecular weight excluding hydrogens is 381 g/mol. The molecule has 4 rings (SSSR count). The normalized spacial score (nSPS) is 12.8. The third kappa shape index (κ3) is 3.89. The number of rotatable bonds is 5. The standard InChI is InChI=1S/C20H18FN3OS2/c1-13-4-2-3-5-18(13)24-20(16-10-26-11-17(16)23-24)22-19(25)12-27-15-8-6-14(21)7-9-15/h2-9H,10-12H2,1H3,(H,22,25). The van der Waals surface area contributed by atoms with Crippen LogP contribution in [0.1, 0.15) is 16.8 Å². The third-order valence-corrected chi connectivity index (χ3v) is 6.32. The maximum absolute atomic E-state index is 13.0. The fourth-order valence-electron chi connectivity index (χ4n) is 2.96. The Bertz CT molecular complexity index is 985. The number of hydrogen-bond acceptors (Lipinski definition) is 4. The van der Waals surface area contributed by atoms with Crippen LogP contribution in [0.5, 0.6) is 0 Å². The number of amides is 1. The van der Waals surface area contributed by atoms with Gasteiger partial charge in [0.15, 0.2) is 0 Å². The first-order valence-electron chi connectivity index (χ1n) is 8.54. The Kier molecular flexibility index (Phi) is 5.22. The minimum Gasteiger partial charge on any atom is -0.310 e. The monoisotopic (exact) mass is 399 g/mol. The van der Waals surface area contributed by atoms with E-state index in [2.05, 4.69) is 5.32 Å². The van der Waals surface area contributed by atoms with Gasteiger partial charge in [-0.3, -0.25) is 4.79 Å². The number of carbonyl (C=O) groups is 1. The number of nitrogens with one attached hydrogen (secondary N) is 1. The number of hydrogen-bond donors (Lipinski definition) is 1. The van der Waals surface area contributed by atoms with Crippen molar-refractivity contribution in [3.8, 4) is 5.69 Å². The highest BCUT2D eigenvalue weighted by molar-refractivity contribution is 8.00. The molecule has 0 aliphatic carbocycles. The lowest BCUT2D eigenvalue weighted by atomic mass is 10.2. The summed E-state index contributed by atoms with van der Waals surface area (Å²) in [6, 6.07) is 14.2. The molecule has 0 saturated carbocycles. The van der Waals surface area contributed by atoms with Gasteiger partial charge in [-0.05, 0) is 42.8 Å². The van der Waals surface area contributed by atoms with Crippen molar-refractivity contribution in [2.75, 3.05) is 11.1 Å². The molecule has 1 aliphatic rings. The number of nitrogens with zero attached hydrogens (tertiary/aromatic N) is 2. The van der Waals surface area contributed by atoms with E-state index in [1.165, 1.54) is 23.9 Å². The van der Waals surface area contributed by atoms with Crippen molar-refractivity contribution in [3.05, 3.63) is 71.2 Å². The van der Waals surface area contributed by atoms with Gasteiger partial charge in [-0.2, -0.15) is 16.9 Å². The van der Waals surface area contributed by atoms with Gasteiger partial charge in [-0.15, -0.1) is 11.8 Å². The molecule has 0 unspecified atom stereocenters. The number of aryl methyl sites for hydroxylation is 1. The van der Waals surface area contributed by atoms with Gasteiger partial charge in [0, 0.05) is 22.0 Å². The molecule has 0 spiro atoms. The van der Waals surface area contributed by atoms with Crippen molar-refractivity contribution >= 4 is 35.2 Å². The van der Waals surface area contributed by atoms with E-state index >= 15 is 0 Å². The summed E-state index contributed by atoms with van der Waals surface area (Å²) in [5.74, 6) is 2.35. The molecule has 0 fully saturated rings. The van der Waals surface area contributed by atoms with Gasteiger partial charge in [-0.1, -0.05) is 18.2 Å². The van der Waals surface area contributed by atoms with E-state index in [1.807, 2.05) is 35.9 Å². The van der Waals surface area contributed by atoms with Crippen LogP contribution in [0.4, 0.5) is 10.2 Å². The zero-order valence-electron chi connectivity index (χ0n) is 14.7. The molecule has 1 aliphatic heterocycles. The van der Waals surface area contributed by atoms with Crippen LogP contribution in [0.25, 0.3) is 5.69 Å². The van der Waals surface area contributed by atoms with Gasteiger partial charge in [0.25, 0.3) is 0 Å². The van der Waals surface area contributed by atoms with Crippen molar-refractivity contribution in [2.45, 2.75) is 23.3 Å². The maximum Gasteiger partial charge on any atom is 0.235 e. The Labute approximate surface area is 165 Å². The molecule has 2 heterocycles. The summed E-state index contributed by atoms with van der Waals surface area (Å²) in [6.07, 6.45) is 0. The van der Waals surface area contributed by atoms with E-state index in [0.29, 0.717) is 0 Å². The lowest BCUT2D eigenvalue weighted by Crippen LogP contribution is -2.18. The molecule has 7 heteroatoms. The SMILES string of the molecule is Cc1ccccc1-n1nc2c(c1NC(=O)CSc1ccc(F)cc1)CSC2. The van der Waals surface area contributed by atoms with E-state index in [9.17, 15) is 9.18 Å². The molecule has 0 saturated heterocycles. The second kappa shape index (κ2) is 7.78. The Morgan fingerprint density at radius 3 is 2.78 bits per heavy atom. The van der Waals surface area contributed by atoms with Crippen LogP contribution in [0, 0.1) is 12.7 Å². The van der Waals surface area contributed by atoms with Gasteiger partial charge in [-0.25, -0.2) is 9.07 Å². The first-order valence-corrected chi connectivity index (χ1v) is 10.7. The predicted molar refractivity (Wildman–Crippen MR) is 109 cm³/mol. The number of para-hydroxylation sites is 1. The van der Waals surface area contributed by atoms with Crippen LogP contribution in [-0.2, 0) is 16.3 Å². The summed E-state index contributed by atoms with van der Waals surface area (Å²) in [5.41, 5.74) is 4.20. The van der Waals surface area contributed by atoms with Gasteiger partial charge >= 0.3 is 0 Å². The summed E-state index contributed by atoms with van der Waals surface area (Å²) in [5, 5.41) is 7.79. The Morgan fingerprint density at radius 1 is 1.22 bits per heavy atom. The van der Waals surface area contributed by atoms with Gasteiger partial charge in [0.1, 0.15) is 11.6 Å². The largest absolute Gasteiger partial charge is 0.310 e.